The molecule has 3 N–H and O–H groups in total. The smallest absolute Gasteiger partial charge is 0.269 e. The molecule has 1 aromatic carbocycles. The van der Waals surface area contributed by atoms with Crippen molar-refractivity contribution < 1.29 is 19.9 Å². The Bertz CT molecular complexity index is 758. The lowest BCUT2D eigenvalue weighted by Gasteiger charge is -2.22. The Balaban J connectivity index is 1.94. The van der Waals surface area contributed by atoms with E-state index in [1.54, 1.807) is 13.1 Å². The quantitative estimate of drug-likeness (QED) is 0.466. The van der Waals surface area contributed by atoms with E-state index < -0.39 is 23.7 Å². The van der Waals surface area contributed by atoms with Gasteiger partial charge >= 0.3 is 0 Å². The van der Waals surface area contributed by atoms with E-state index in [0.717, 1.165) is 0 Å². The van der Waals surface area contributed by atoms with Gasteiger partial charge in [0.1, 0.15) is 6.10 Å². The molecule has 0 saturated heterocycles. The van der Waals surface area contributed by atoms with Crippen molar-refractivity contribution in [3.05, 3.63) is 56.9 Å². The van der Waals surface area contributed by atoms with Gasteiger partial charge < -0.3 is 15.5 Å². The van der Waals surface area contributed by atoms with Gasteiger partial charge in [0, 0.05) is 31.3 Å². The first-order chi connectivity index (χ1) is 12.3. The van der Waals surface area contributed by atoms with Crippen LogP contribution in [0.2, 0.25) is 5.02 Å². The number of nitrogens with zero attached hydrogens (tertiary/aromatic N) is 3. The predicted molar refractivity (Wildman–Crippen MR) is 93.7 cm³/mol. The molecule has 26 heavy (non-hydrogen) atoms. The number of non-ortho nitro benzene ring substituents is 1. The zero-order valence-electron chi connectivity index (χ0n) is 14.0. The van der Waals surface area contributed by atoms with Crippen LogP contribution in [-0.2, 0) is 11.3 Å². The zero-order valence-corrected chi connectivity index (χ0v) is 14.8. The summed E-state index contributed by atoms with van der Waals surface area (Å²) in [5, 5.41) is 37.6. The highest BCUT2D eigenvalue weighted by molar-refractivity contribution is 6.31. The van der Waals surface area contributed by atoms with Crippen molar-refractivity contribution in [3.8, 4) is 0 Å². The van der Waals surface area contributed by atoms with E-state index in [4.69, 9.17) is 11.6 Å². The van der Waals surface area contributed by atoms with Crippen molar-refractivity contribution >= 4 is 23.2 Å². The summed E-state index contributed by atoms with van der Waals surface area (Å²) in [5.41, 5.74) is 0.900. The molecule has 1 amide bonds. The minimum atomic E-state index is -1.20. The molecule has 2 atom stereocenters. The summed E-state index contributed by atoms with van der Waals surface area (Å²) in [7, 11) is 0. The maximum Gasteiger partial charge on any atom is 0.269 e. The largest absolute Gasteiger partial charge is 0.394 e. The number of nitrogens with one attached hydrogen (secondary N) is 1. The molecule has 0 spiro atoms. The van der Waals surface area contributed by atoms with Crippen LogP contribution in [0.25, 0.3) is 0 Å². The number of amides is 1. The highest BCUT2D eigenvalue weighted by atomic mass is 35.5. The number of nitro groups is 1. The van der Waals surface area contributed by atoms with Crippen LogP contribution < -0.4 is 5.32 Å². The monoisotopic (exact) mass is 382 g/mol. The van der Waals surface area contributed by atoms with E-state index >= 15 is 0 Å². The molecule has 2 rings (SSSR count). The number of hydrogen-bond acceptors (Lipinski definition) is 6. The van der Waals surface area contributed by atoms with E-state index in [0.29, 0.717) is 22.8 Å². The molecule has 0 radical (unpaired) electrons. The number of rotatable bonds is 8. The van der Waals surface area contributed by atoms with E-state index in [1.807, 2.05) is 0 Å². The van der Waals surface area contributed by atoms with Crippen molar-refractivity contribution in [2.24, 2.45) is 0 Å². The normalized spacial score (nSPS) is 13.2. The summed E-state index contributed by atoms with van der Waals surface area (Å²) < 4.78 is 1.54. The fraction of sp³-hybridized carbons (Fsp3) is 0.375. The second-order valence-corrected chi connectivity index (χ2v) is 6.13. The van der Waals surface area contributed by atoms with Crippen LogP contribution in [0.15, 0.2) is 30.5 Å². The molecular weight excluding hydrogens is 364 g/mol. The summed E-state index contributed by atoms with van der Waals surface area (Å²) in [5.74, 6) is -0.380. The zero-order chi connectivity index (χ0) is 19.3. The van der Waals surface area contributed by atoms with Crippen LogP contribution in [0.4, 0.5) is 5.69 Å². The van der Waals surface area contributed by atoms with Crippen LogP contribution in [0.3, 0.4) is 0 Å². The average Bonchev–Trinajstić information content (AvgIpc) is 2.95. The van der Waals surface area contributed by atoms with Gasteiger partial charge in [0.2, 0.25) is 5.91 Å². The Hall–Kier alpha value is -2.49. The van der Waals surface area contributed by atoms with Gasteiger partial charge in [-0.05, 0) is 24.6 Å². The molecule has 1 heterocycles. The molecule has 2 unspecified atom stereocenters. The number of aliphatic hydroxyl groups excluding tert-OH is 2. The molecule has 0 fully saturated rings. The van der Waals surface area contributed by atoms with Gasteiger partial charge in [0.05, 0.1) is 28.3 Å². The summed E-state index contributed by atoms with van der Waals surface area (Å²) in [4.78, 5) is 22.2. The lowest BCUT2D eigenvalue weighted by atomic mass is 10.0. The first kappa shape index (κ1) is 19.8. The van der Waals surface area contributed by atoms with Crippen LogP contribution in [0.5, 0.6) is 0 Å². The molecule has 2 aromatic rings. The molecule has 0 aliphatic carbocycles. The first-order valence-corrected chi connectivity index (χ1v) is 8.21. The van der Waals surface area contributed by atoms with Crippen LogP contribution in [0.1, 0.15) is 23.8 Å². The minimum absolute atomic E-state index is 0.0843. The van der Waals surface area contributed by atoms with Gasteiger partial charge in [-0.2, -0.15) is 5.10 Å². The number of carbonyl (C=O) groups excluding carboxylic acids is 1. The van der Waals surface area contributed by atoms with Crippen molar-refractivity contribution in [2.75, 3.05) is 6.61 Å². The molecule has 0 bridgehead atoms. The SMILES string of the molecule is Cc1nn(CCC(=O)NC(CO)C(O)c2ccc([N+](=O)[O-])cc2)cc1Cl. The van der Waals surface area contributed by atoms with Crippen LogP contribution >= 0.6 is 11.6 Å². The van der Waals surface area contributed by atoms with Crippen molar-refractivity contribution in [1.29, 1.82) is 0 Å². The Morgan fingerprint density at radius 3 is 2.58 bits per heavy atom. The maximum absolute atomic E-state index is 12.1. The van der Waals surface area contributed by atoms with Crippen LogP contribution in [0, 0.1) is 17.0 Å². The van der Waals surface area contributed by atoms with Crippen LogP contribution in [-0.4, -0.2) is 43.5 Å². The standard InChI is InChI=1S/C16H19ClN4O5/c1-10-13(17)8-20(19-10)7-6-15(23)18-14(9-22)16(24)11-2-4-12(5-3-11)21(25)26/h2-5,8,14,16,22,24H,6-7,9H2,1H3,(H,18,23). The first-order valence-electron chi connectivity index (χ1n) is 7.84. The minimum Gasteiger partial charge on any atom is -0.394 e. The number of halogens is 1. The number of benzene rings is 1. The van der Waals surface area contributed by atoms with E-state index in [-0.39, 0.29) is 18.0 Å². The van der Waals surface area contributed by atoms with E-state index in [1.165, 1.54) is 28.9 Å². The van der Waals surface area contributed by atoms with Gasteiger partial charge in [-0.1, -0.05) is 11.6 Å². The van der Waals surface area contributed by atoms with Gasteiger partial charge in [0.25, 0.3) is 5.69 Å². The lowest BCUT2D eigenvalue weighted by molar-refractivity contribution is -0.384. The molecule has 0 aliphatic rings. The van der Waals surface area contributed by atoms with Crippen molar-refractivity contribution in [1.82, 2.24) is 15.1 Å². The molecule has 0 saturated carbocycles. The summed E-state index contributed by atoms with van der Waals surface area (Å²) in [6, 6.07) is 4.32. The number of aliphatic hydroxyl groups is 2. The third kappa shape index (κ3) is 5.01. The van der Waals surface area contributed by atoms with Crippen molar-refractivity contribution in [2.45, 2.75) is 32.0 Å². The highest BCUT2D eigenvalue weighted by Gasteiger charge is 2.22. The predicted octanol–water partition coefficient (Wildman–Crippen LogP) is 1.35. The molecule has 140 valence electrons. The second kappa shape index (κ2) is 8.75. The number of carbonyl (C=O) groups is 1. The lowest BCUT2D eigenvalue weighted by Crippen LogP contribution is -2.42. The number of aryl methyl sites for hydroxylation is 2. The van der Waals surface area contributed by atoms with Gasteiger partial charge in [0.15, 0.2) is 0 Å². The number of hydrogen-bond donors (Lipinski definition) is 3. The Kier molecular flexibility index (Phi) is 6.67. The third-order valence-electron chi connectivity index (χ3n) is 3.82. The third-order valence-corrected chi connectivity index (χ3v) is 4.20. The van der Waals surface area contributed by atoms with E-state index in [9.17, 15) is 25.1 Å². The molecule has 10 heteroatoms. The summed E-state index contributed by atoms with van der Waals surface area (Å²) >= 11 is 5.90. The number of aromatic nitrogens is 2. The molecule has 0 aliphatic heterocycles. The Labute approximate surface area is 154 Å². The van der Waals surface area contributed by atoms with Gasteiger partial charge in [-0.25, -0.2) is 0 Å². The molecule has 1 aromatic heterocycles. The molecular formula is C16H19ClN4O5. The summed E-state index contributed by atoms with van der Waals surface area (Å²) in [6.07, 6.45) is 0.492. The van der Waals surface area contributed by atoms with E-state index in [2.05, 4.69) is 10.4 Å². The average molecular weight is 383 g/mol. The second-order valence-electron chi connectivity index (χ2n) is 5.73. The Morgan fingerprint density at radius 2 is 2.08 bits per heavy atom. The van der Waals surface area contributed by atoms with Crippen molar-refractivity contribution in [3.63, 3.8) is 0 Å². The number of nitro benzene ring substituents is 1. The maximum atomic E-state index is 12.1. The topological polar surface area (TPSA) is 131 Å². The molecule has 9 nitrogen and oxygen atoms in total. The highest BCUT2D eigenvalue weighted by Crippen LogP contribution is 2.20. The fourth-order valence-corrected chi connectivity index (χ4v) is 2.50. The fourth-order valence-electron chi connectivity index (χ4n) is 2.35. The van der Waals surface area contributed by atoms with Gasteiger partial charge in [-0.15, -0.1) is 0 Å². The van der Waals surface area contributed by atoms with Gasteiger partial charge in [-0.3, -0.25) is 19.6 Å². The summed E-state index contributed by atoms with van der Waals surface area (Å²) in [6.45, 7) is 1.56. The Morgan fingerprint density at radius 1 is 1.42 bits per heavy atom.